The van der Waals surface area contributed by atoms with Crippen molar-refractivity contribution in [1.29, 1.82) is 0 Å². The highest BCUT2D eigenvalue weighted by Gasteiger charge is 2.16. The SMILES string of the molecule is c1ccc(-c2nc(-c3ccc(-c4nc5ccccc5s4)cc3)nc3sc4ccccc4c23)cc1. The number of benzene rings is 4. The van der Waals surface area contributed by atoms with Gasteiger partial charge >= 0.3 is 0 Å². The first-order chi connectivity index (χ1) is 16.8. The average molecular weight is 472 g/mol. The number of hydrogen-bond acceptors (Lipinski definition) is 5. The molecule has 0 amide bonds. The minimum absolute atomic E-state index is 0.744. The van der Waals surface area contributed by atoms with E-state index in [0.717, 1.165) is 48.9 Å². The summed E-state index contributed by atoms with van der Waals surface area (Å²) in [4.78, 5) is 15.9. The van der Waals surface area contributed by atoms with Crippen molar-refractivity contribution < 1.29 is 0 Å². The monoisotopic (exact) mass is 471 g/mol. The van der Waals surface area contributed by atoms with Gasteiger partial charge in [-0.3, -0.25) is 0 Å². The predicted octanol–water partition coefficient (Wildman–Crippen LogP) is 8.46. The second-order valence-electron chi connectivity index (χ2n) is 8.10. The van der Waals surface area contributed by atoms with E-state index in [1.54, 1.807) is 22.7 Å². The van der Waals surface area contributed by atoms with Crippen LogP contribution in [0.3, 0.4) is 0 Å². The Balaban J connectivity index is 1.38. The molecule has 7 rings (SSSR count). The molecule has 0 atom stereocenters. The first-order valence-corrected chi connectivity index (χ1v) is 12.7. The predicted molar refractivity (Wildman–Crippen MR) is 144 cm³/mol. The van der Waals surface area contributed by atoms with Crippen LogP contribution in [0.15, 0.2) is 103 Å². The Morgan fingerprint density at radius 3 is 2.03 bits per heavy atom. The molecule has 3 heterocycles. The number of aromatic nitrogens is 3. The van der Waals surface area contributed by atoms with Crippen molar-refractivity contribution >= 4 is 53.2 Å². The third-order valence-electron chi connectivity index (χ3n) is 5.97. The second-order valence-corrected chi connectivity index (χ2v) is 10.2. The zero-order valence-corrected chi connectivity index (χ0v) is 19.6. The highest BCUT2D eigenvalue weighted by molar-refractivity contribution is 7.25. The van der Waals surface area contributed by atoms with Crippen molar-refractivity contribution in [3.8, 4) is 33.2 Å². The maximum Gasteiger partial charge on any atom is 0.161 e. The molecule has 0 bridgehead atoms. The third kappa shape index (κ3) is 3.21. The summed E-state index contributed by atoms with van der Waals surface area (Å²) >= 11 is 3.44. The normalized spacial score (nSPS) is 11.5. The van der Waals surface area contributed by atoms with Crippen molar-refractivity contribution in [2.75, 3.05) is 0 Å². The van der Waals surface area contributed by atoms with Crippen molar-refractivity contribution in [1.82, 2.24) is 15.0 Å². The maximum atomic E-state index is 5.08. The van der Waals surface area contributed by atoms with Gasteiger partial charge in [0.05, 0.1) is 15.9 Å². The van der Waals surface area contributed by atoms with Gasteiger partial charge in [0.2, 0.25) is 0 Å². The summed E-state index contributed by atoms with van der Waals surface area (Å²) in [6, 6.07) is 35.6. The Morgan fingerprint density at radius 2 is 1.21 bits per heavy atom. The van der Waals surface area contributed by atoms with E-state index in [1.165, 1.54) is 14.8 Å². The number of rotatable bonds is 3. The fraction of sp³-hybridized carbons (Fsp3) is 0. The first kappa shape index (κ1) is 19.5. The Labute approximate surface area is 204 Å². The standard InChI is InChI=1S/C29H17N3S2/c1-2-8-18(9-3-1)26-25-21-10-4-6-12-23(21)33-29(25)32-27(31-26)19-14-16-20(17-15-19)28-30-22-11-5-7-13-24(22)34-28/h1-17H. The molecule has 3 nitrogen and oxygen atoms in total. The Kier molecular flexibility index (Phi) is 4.50. The zero-order valence-electron chi connectivity index (χ0n) is 18.0. The van der Waals surface area contributed by atoms with Crippen LogP contribution in [-0.2, 0) is 0 Å². The van der Waals surface area contributed by atoms with E-state index in [9.17, 15) is 0 Å². The van der Waals surface area contributed by atoms with Gasteiger partial charge in [0.1, 0.15) is 9.84 Å². The number of thiophene rings is 1. The topological polar surface area (TPSA) is 38.7 Å². The highest BCUT2D eigenvalue weighted by Crippen LogP contribution is 2.39. The molecule has 160 valence electrons. The molecular weight excluding hydrogens is 454 g/mol. The number of para-hydroxylation sites is 1. The lowest BCUT2D eigenvalue weighted by atomic mass is 10.1. The van der Waals surface area contributed by atoms with Crippen molar-refractivity contribution in [3.63, 3.8) is 0 Å². The molecule has 7 aromatic rings. The first-order valence-electron chi connectivity index (χ1n) is 11.0. The molecule has 0 radical (unpaired) electrons. The van der Waals surface area contributed by atoms with Gasteiger partial charge in [0, 0.05) is 32.2 Å². The summed E-state index contributed by atoms with van der Waals surface area (Å²) in [6.07, 6.45) is 0. The van der Waals surface area contributed by atoms with Crippen molar-refractivity contribution in [2.45, 2.75) is 0 Å². The second kappa shape index (κ2) is 7.83. The van der Waals surface area contributed by atoms with Gasteiger partial charge in [-0.25, -0.2) is 15.0 Å². The van der Waals surface area contributed by atoms with Gasteiger partial charge in [-0.15, -0.1) is 22.7 Å². The molecule has 0 aliphatic carbocycles. The number of thiazole rings is 1. The fourth-order valence-electron chi connectivity index (χ4n) is 4.31. The lowest BCUT2D eigenvalue weighted by Gasteiger charge is -2.08. The quantitative estimate of drug-likeness (QED) is 0.259. The van der Waals surface area contributed by atoms with E-state index in [-0.39, 0.29) is 0 Å². The molecule has 0 spiro atoms. The van der Waals surface area contributed by atoms with Crippen LogP contribution in [0.5, 0.6) is 0 Å². The fourth-order valence-corrected chi connectivity index (χ4v) is 6.36. The van der Waals surface area contributed by atoms with Gasteiger partial charge < -0.3 is 0 Å². The number of fused-ring (bicyclic) bond motifs is 4. The summed E-state index contributed by atoms with van der Waals surface area (Å²) in [5, 5.41) is 3.36. The van der Waals surface area contributed by atoms with Gasteiger partial charge in [0.15, 0.2) is 5.82 Å². The van der Waals surface area contributed by atoms with Crippen molar-refractivity contribution in [3.05, 3.63) is 103 Å². The average Bonchev–Trinajstić information content (AvgIpc) is 3.50. The van der Waals surface area contributed by atoms with Crippen LogP contribution in [-0.4, -0.2) is 15.0 Å². The lowest BCUT2D eigenvalue weighted by molar-refractivity contribution is 1.24. The van der Waals surface area contributed by atoms with Crippen LogP contribution in [0, 0.1) is 0 Å². The van der Waals surface area contributed by atoms with Gasteiger partial charge in [0.25, 0.3) is 0 Å². The lowest BCUT2D eigenvalue weighted by Crippen LogP contribution is -1.93. The van der Waals surface area contributed by atoms with Crippen LogP contribution in [0.4, 0.5) is 0 Å². The largest absolute Gasteiger partial charge is 0.236 e. The molecule has 5 heteroatoms. The summed E-state index contributed by atoms with van der Waals surface area (Å²) in [7, 11) is 0. The van der Waals surface area contributed by atoms with E-state index in [1.807, 2.05) is 12.1 Å². The van der Waals surface area contributed by atoms with Crippen LogP contribution in [0.1, 0.15) is 0 Å². The molecule has 4 aromatic carbocycles. The summed E-state index contributed by atoms with van der Waals surface area (Å²) < 4.78 is 2.43. The van der Waals surface area contributed by atoms with E-state index >= 15 is 0 Å². The van der Waals surface area contributed by atoms with E-state index in [0.29, 0.717) is 0 Å². The molecule has 0 aliphatic rings. The van der Waals surface area contributed by atoms with Crippen LogP contribution in [0.25, 0.3) is 63.7 Å². The molecule has 3 aromatic heterocycles. The zero-order chi connectivity index (χ0) is 22.5. The Bertz CT molecular complexity index is 1770. The third-order valence-corrected chi connectivity index (χ3v) is 8.12. The van der Waals surface area contributed by atoms with Crippen molar-refractivity contribution in [2.24, 2.45) is 0 Å². The molecular formula is C29H17N3S2. The molecule has 0 fully saturated rings. The van der Waals surface area contributed by atoms with Crippen LogP contribution in [0.2, 0.25) is 0 Å². The molecule has 0 aliphatic heterocycles. The summed E-state index contributed by atoms with van der Waals surface area (Å²) in [6.45, 7) is 0. The minimum atomic E-state index is 0.744. The smallest absolute Gasteiger partial charge is 0.161 e. The van der Waals surface area contributed by atoms with E-state index in [4.69, 9.17) is 15.0 Å². The van der Waals surface area contributed by atoms with Crippen LogP contribution >= 0.6 is 22.7 Å². The Hall–Kier alpha value is -3.93. The molecule has 34 heavy (non-hydrogen) atoms. The van der Waals surface area contributed by atoms with Gasteiger partial charge in [-0.1, -0.05) is 84.9 Å². The summed E-state index contributed by atoms with van der Waals surface area (Å²) in [5.74, 6) is 0.744. The minimum Gasteiger partial charge on any atom is -0.236 e. The van der Waals surface area contributed by atoms with Gasteiger partial charge in [-0.2, -0.15) is 0 Å². The van der Waals surface area contributed by atoms with E-state index < -0.39 is 0 Å². The summed E-state index contributed by atoms with van der Waals surface area (Å²) in [5.41, 5.74) is 5.23. The Morgan fingerprint density at radius 1 is 0.500 bits per heavy atom. The molecule has 0 saturated heterocycles. The van der Waals surface area contributed by atoms with Crippen LogP contribution < -0.4 is 0 Å². The van der Waals surface area contributed by atoms with Gasteiger partial charge in [-0.05, 0) is 18.2 Å². The number of hydrogen-bond donors (Lipinski definition) is 0. The number of nitrogens with zero attached hydrogens (tertiary/aromatic N) is 3. The molecule has 0 saturated carbocycles. The molecule has 0 N–H and O–H groups in total. The van der Waals surface area contributed by atoms with E-state index in [2.05, 4.69) is 91.0 Å². The highest BCUT2D eigenvalue weighted by atomic mass is 32.1. The maximum absolute atomic E-state index is 5.08. The molecule has 0 unspecified atom stereocenters.